The maximum Gasteiger partial charge on any atom is 0.328 e. The van der Waals surface area contributed by atoms with E-state index in [1.807, 2.05) is 26.0 Å². The topological polar surface area (TPSA) is 92.2 Å². The smallest absolute Gasteiger partial charge is 0.326 e. The molecule has 120 valence electrons. The van der Waals surface area contributed by atoms with E-state index >= 15 is 0 Å². The van der Waals surface area contributed by atoms with Crippen molar-refractivity contribution < 1.29 is 14.4 Å². The number of rotatable bonds is 3. The van der Waals surface area contributed by atoms with Gasteiger partial charge in [0.25, 0.3) is 0 Å². The SMILES string of the molecule is CC(=O)Nc1ccc(NC(=O)C(=O)Nn2c(C)ccc2C)cc1. The fraction of sp³-hybridized carbons (Fsp3) is 0.188. The lowest BCUT2D eigenvalue weighted by molar-refractivity contribution is -0.133. The number of nitrogens with one attached hydrogen (secondary N) is 3. The van der Waals surface area contributed by atoms with Crippen LogP contribution in [0, 0.1) is 13.8 Å². The summed E-state index contributed by atoms with van der Waals surface area (Å²) >= 11 is 0. The van der Waals surface area contributed by atoms with E-state index in [1.54, 1.807) is 28.9 Å². The predicted molar refractivity (Wildman–Crippen MR) is 87.6 cm³/mol. The van der Waals surface area contributed by atoms with Crippen molar-refractivity contribution in [2.45, 2.75) is 20.8 Å². The van der Waals surface area contributed by atoms with Gasteiger partial charge >= 0.3 is 11.8 Å². The number of aryl methyl sites for hydroxylation is 2. The first-order chi connectivity index (χ1) is 10.9. The monoisotopic (exact) mass is 314 g/mol. The molecule has 0 bridgehead atoms. The lowest BCUT2D eigenvalue weighted by Gasteiger charge is -2.11. The van der Waals surface area contributed by atoms with Gasteiger partial charge in [0.1, 0.15) is 0 Å². The van der Waals surface area contributed by atoms with Crippen molar-refractivity contribution in [3.63, 3.8) is 0 Å². The number of nitrogens with zero attached hydrogens (tertiary/aromatic N) is 1. The summed E-state index contributed by atoms with van der Waals surface area (Å²) in [6.45, 7) is 5.06. The van der Waals surface area contributed by atoms with E-state index in [2.05, 4.69) is 16.1 Å². The number of benzene rings is 1. The molecule has 0 saturated heterocycles. The van der Waals surface area contributed by atoms with Gasteiger partial charge in [-0.3, -0.25) is 24.5 Å². The summed E-state index contributed by atoms with van der Waals surface area (Å²) in [6.07, 6.45) is 0. The summed E-state index contributed by atoms with van der Waals surface area (Å²) in [5, 5.41) is 5.11. The Kier molecular flexibility index (Phi) is 4.80. The third-order valence-corrected chi connectivity index (χ3v) is 3.15. The molecule has 1 heterocycles. The van der Waals surface area contributed by atoms with Crippen LogP contribution in [0.1, 0.15) is 18.3 Å². The van der Waals surface area contributed by atoms with Gasteiger partial charge in [-0.2, -0.15) is 0 Å². The van der Waals surface area contributed by atoms with Crippen LogP contribution in [-0.4, -0.2) is 22.4 Å². The van der Waals surface area contributed by atoms with Crippen molar-refractivity contribution in [3.05, 3.63) is 47.8 Å². The Balaban J connectivity index is 1.98. The minimum atomic E-state index is -0.773. The predicted octanol–water partition coefficient (Wildman–Crippen LogP) is 1.77. The molecule has 7 nitrogen and oxygen atoms in total. The second-order valence-corrected chi connectivity index (χ2v) is 5.11. The van der Waals surface area contributed by atoms with Crippen molar-refractivity contribution in [3.8, 4) is 0 Å². The number of carbonyl (C=O) groups excluding carboxylic acids is 3. The third kappa shape index (κ3) is 4.19. The third-order valence-electron chi connectivity index (χ3n) is 3.15. The lowest BCUT2D eigenvalue weighted by atomic mass is 10.2. The first-order valence-corrected chi connectivity index (χ1v) is 7.02. The summed E-state index contributed by atoms with van der Waals surface area (Å²) in [6, 6.07) is 10.2. The Bertz CT molecular complexity index is 728. The van der Waals surface area contributed by atoms with Crippen molar-refractivity contribution in [2.75, 3.05) is 16.1 Å². The molecule has 0 aliphatic rings. The van der Waals surface area contributed by atoms with Crippen LogP contribution in [0.25, 0.3) is 0 Å². The van der Waals surface area contributed by atoms with Crippen molar-refractivity contribution in [2.24, 2.45) is 0 Å². The molecule has 2 rings (SSSR count). The Labute approximate surface area is 133 Å². The van der Waals surface area contributed by atoms with Crippen LogP contribution in [0.3, 0.4) is 0 Å². The molecule has 0 unspecified atom stereocenters. The fourth-order valence-corrected chi connectivity index (χ4v) is 2.03. The molecule has 0 spiro atoms. The number of anilines is 2. The van der Waals surface area contributed by atoms with Gasteiger partial charge < -0.3 is 10.6 Å². The molecule has 23 heavy (non-hydrogen) atoms. The van der Waals surface area contributed by atoms with E-state index in [0.717, 1.165) is 11.4 Å². The van der Waals surface area contributed by atoms with Crippen LogP contribution in [0.4, 0.5) is 11.4 Å². The van der Waals surface area contributed by atoms with Crippen molar-refractivity contribution in [1.29, 1.82) is 0 Å². The minimum Gasteiger partial charge on any atom is -0.326 e. The Morgan fingerprint density at radius 2 is 1.26 bits per heavy atom. The molecule has 0 atom stereocenters. The summed E-state index contributed by atoms with van der Waals surface area (Å²) < 4.78 is 1.54. The maximum absolute atomic E-state index is 11.9. The van der Waals surface area contributed by atoms with Gasteiger partial charge in [-0.25, -0.2) is 0 Å². The first kappa shape index (κ1) is 16.3. The summed E-state index contributed by atoms with van der Waals surface area (Å²) in [4.78, 5) is 34.8. The van der Waals surface area contributed by atoms with E-state index in [4.69, 9.17) is 0 Å². The lowest BCUT2D eigenvalue weighted by Crippen LogP contribution is -2.35. The number of aromatic nitrogens is 1. The highest BCUT2D eigenvalue weighted by Crippen LogP contribution is 2.13. The average molecular weight is 314 g/mol. The largest absolute Gasteiger partial charge is 0.328 e. The summed E-state index contributed by atoms with van der Waals surface area (Å²) in [5.74, 6) is -1.72. The molecule has 0 aliphatic carbocycles. The van der Waals surface area contributed by atoms with Crippen LogP contribution in [0.5, 0.6) is 0 Å². The zero-order chi connectivity index (χ0) is 17.0. The quantitative estimate of drug-likeness (QED) is 0.754. The molecule has 0 saturated carbocycles. The van der Waals surface area contributed by atoms with Crippen LogP contribution in [0.15, 0.2) is 36.4 Å². The standard InChI is InChI=1S/C16H18N4O3/c1-10-4-5-11(2)20(10)19-16(23)15(22)18-14-8-6-13(7-9-14)17-12(3)21/h4-9H,1-3H3,(H,17,21)(H,18,22)(H,19,23). The minimum absolute atomic E-state index is 0.182. The van der Waals surface area contributed by atoms with Crippen LogP contribution in [-0.2, 0) is 14.4 Å². The second-order valence-electron chi connectivity index (χ2n) is 5.11. The van der Waals surface area contributed by atoms with Crippen molar-refractivity contribution in [1.82, 2.24) is 4.68 Å². The zero-order valence-electron chi connectivity index (χ0n) is 13.1. The van der Waals surface area contributed by atoms with Gasteiger partial charge in [-0.1, -0.05) is 0 Å². The normalized spacial score (nSPS) is 10.0. The molecule has 7 heteroatoms. The highest BCUT2D eigenvalue weighted by Gasteiger charge is 2.15. The van der Waals surface area contributed by atoms with Gasteiger partial charge in [0.05, 0.1) is 0 Å². The molecule has 1 aromatic heterocycles. The van der Waals surface area contributed by atoms with Gasteiger partial charge in [0.15, 0.2) is 0 Å². The number of carbonyl (C=O) groups is 3. The molecular formula is C16H18N4O3. The van der Waals surface area contributed by atoms with Crippen molar-refractivity contribution >= 4 is 29.1 Å². The summed E-state index contributed by atoms with van der Waals surface area (Å²) in [5.41, 5.74) is 5.24. The maximum atomic E-state index is 11.9. The van der Waals surface area contributed by atoms with Gasteiger partial charge in [-0.05, 0) is 50.2 Å². The van der Waals surface area contributed by atoms with Crippen LogP contribution in [0.2, 0.25) is 0 Å². The van der Waals surface area contributed by atoms with Crippen LogP contribution >= 0.6 is 0 Å². The van der Waals surface area contributed by atoms with E-state index < -0.39 is 11.8 Å². The number of hydrogen-bond acceptors (Lipinski definition) is 3. The molecule has 2 aromatic rings. The number of amides is 3. The highest BCUT2D eigenvalue weighted by atomic mass is 16.2. The van der Waals surface area contributed by atoms with Crippen LogP contribution < -0.4 is 16.1 Å². The molecule has 0 fully saturated rings. The fourth-order valence-electron chi connectivity index (χ4n) is 2.03. The molecule has 0 radical (unpaired) electrons. The Morgan fingerprint density at radius 3 is 1.74 bits per heavy atom. The molecular weight excluding hydrogens is 296 g/mol. The van der Waals surface area contributed by atoms with E-state index in [9.17, 15) is 14.4 Å². The average Bonchev–Trinajstić information content (AvgIpc) is 2.80. The van der Waals surface area contributed by atoms with E-state index in [1.165, 1.54) is 6.92 Å². The highest BCUT2D eigenvalue weighted by molar-refractivity contribution is 6.42. The summed E-state index contributed by atoms with van der Waals surface area (Å²) in [7, 11) is 0. The van der Waals surface area contributed by atoms with E-state index in [0.29, 0.717) is 11.4 Å². The molecule has 1 aromatic carbocycles. The zero-order valence-corrected chi connectivity index (χ0v) is 13.1. The van der Waals surface area contributed by atoms with Gasteiger partial charge in [0, 0.05) is 29.7 Å². The Hall–Kier alpha value is -3.09. The molecule has 3 amide bonds. The van der Waals surface area contributed by atoms with Gasteiger partial charge in [0.2, 0.25) is 5.91 Å². The molecule has 3 N–H and O–H groups in total. The number of hydrogen-bond donors (Lipinski definition) is 3. The molecule has 0 aliphatic heterocycles. The second kappa shape index (κ2) is 6.78. The van der Waals surface area contributed by atoms with E-state index in [-0.39, 0.29) is 5.91 Å². The van der Waals surface area contributed by atoms with Gasteiger partial charge in [-0.15, -0.1) is 0 Å². The first-order valence-electron chi connectivity index (χ1n) is 7.02. The Morgan fingerprint density at radius 1 is 0.783 bits per heavy atom.